The highest BCUT2D eigenvalue weighted by Gasteiger charge is 2.45. The van der Waals surface area contributed by atoms with Gasteiger partial charge in [-0.15, -0.1) is 0 Å². The molecule has 0 fully saturated rings. The van der Waals surface area contributed by atoms with Crippen molar-refractivity contribution < 1.29 is 109 Å². The number of aromatic nitrogens is 9. The number of hydrogen-bond donors (Lipinski definition) is 1. The highest BCUT2D eigenvalue weighted by molar-refractivity contribution is 5.97. The number of ketones is 6. The third kappa shape index (κ3) is 24.3. The summed E-state index contributed by atoms with van der Waals surface area (Å²) in [6, 6.07) is 36.9. The molecule has 1 aliphatic rings. The van der Waals surface area contributed by atoms with Crippen molar-refractivity contribution in [2.24, 2.45) is 5.41 Å². The van der Waals surface area contributed by atoms with Gasteiger partial charge in [-0.05, 0) is 224 Å². The summed E-state index contributed by atoms with van der Waals surface area (Å²) < 4.78 is 241. The van der Waals surface area contributed by atoms with Gasteiger partial charge in [-0.1, -0.05) is 60.4 Å². The van der Waals surface area contributed by atoms with Crippen molar-refractivity contribution in [1.29, 1.82) is 0 Å². The Morgan fingerprint density at radius 3 is 1.24 bits per heavy atom. The van der Waals surface area contributed by atoms with E-state index < -0.39 is 171 Å². The van der Waals surface area contributed by atoms with Gasteiger partial charge in [0.1, 0.15) is 58.0 Å². The van der Waals surface area contributed by atoms with E-state index in [9.17, 15) is 109 Å². The number of imidazole rings is 1. The van der Waals surface area contributed by atoms with Gasteiger partial charge in [0, 0.05) is 108 Å². The second-order valence-electron chi connectivity index (χ2n) is 33.2. The first-order valence-electron chi connectivity index (χ1n) is 41.2. The lowest BCUT2D eigenvalue weighted by Crippen LogP contribution is -2.31. The number of halogens is 17. The van der Waals surface area contributed by atoms with Crippen molar-refractivity contribution >= 4 is 45.7 Å². The zero-order valence-electron chi connectivity index (χ0n) is 71.6. The molecule has 1 aliphatic carbocycles. The minimum Gasteiger partial charge on any atom is -0.384 e. The summed E-state index contributed by atoms with van der Waals surface area (Å²) in [4.78, 5) is 93.9. The van der Waals surface area contributed by atoms with Crippen LogP contribution in [0.1, 0.15) is 204 Å². The molecule has 13 aromatic rings. The minimum atomic E-state index is -4.81. The van der Waals surface area contributed by atoms with Crippen LogP contribution < -0.4 is 0 Å². The number of Topliss-reactive ketones (excluding diaryl/α,β-unsaturated/α-hetero) is 6. The maximum atomic E-state index is 14.3. The molecule has 14 rings (SSSR count). The van der Waals surface area contributed by atoms with Crippen LogP contribution in [0.5, 0.6) is 0 Å². The molecular weight excluding hydrogens is 1750 g/mol. The molecule has 1 N–H and O–H groups in total. The molecule has 7 aromatic carbocycles. The molecule has 0 bridgehead atoms. The van der Waals surface area contributed by atoms with Gasteiger partial charge in [0.2, 0.25) is 0 Å². The average molecular weight is 1830 g/mol. The van der Waals surface area contributed by atoms with E-state index in [0.29, 0.717) is 80.0 Å². The van der Waals surface area contributed by atoms with Crippen LogP contribution in [0.25, 0.3) is 44.4 Å². The quantitative estimate of drug-likeness (QED) is 0.0275. The van der Waals surface area contributed by atoms with Crippen molar-refractivity contribution in [2.45, 2.75) is 168 Å². The molecule has 4 atom stereocenters. The first-order valence-corrected chi connectivity index (χ1v) is 41.2. The number of hydrogen-bond acceptors (Lipinski definition) is 13. The van der Waals surface area contributed by atoms with Gasteiger partial charge in [0.25, 0.3) is 6.43 Å². The molecule has 0 saturated carbocycles. The summed E-state index contributed by atoms with van der Waals surface area (Å²) in [5.41, 5.74) is -0.722. The Morgan fingerprint density at radius 2 is 0.864 bits per heavy atom. The Kier molecular flexibility index (Phi) is 30.0. The van der Waals surface area contributed by atoms with E-state index in [1.54, 1.807) is 81.4 Å². The average Bonchev–Trinajstić information content (AvgIpc) is 1.65. The molecule has 132 heavy (non-hydrogen) atoms. The van der Waals surface area contributed by atoms with Gasteiger partial charge in [-0.2, -0.15) is 36.5 Å². The topological polar surface area (TPSA) is 215 Å². The van der Waals surface area contributed by atoms with Crippen molar-refractivity contribution in [2.75, 3.05) is 0 Å². The van der Waals surface area contributed by atoms with E-state index in [-0.39, 0.29) is 102 Å². The van der Waals surface area contributed by atoms with E-state index in [1.807, 2.05) is 0 Å². The Hall–Kier alpha value is -13.8. The molecule has 0 amide bonds. The number of aliphatic hydroxyl groups is 1. The van der Waals surface area contributed by atoms with Crippen molar-refractivity contribution in [3.63, 3.8) is 0 Å². The fourth-order valence-corrected chi connectivity index (χ4v) is 16.1. The predicted octanol–water partition coefficient (Wildman–Crippen LogP) is 22.7. The molecule has 6 aromatic heterocycles. The van der Waals surface area contributed by atoms with Crippen LogP contribution in [0, 0.1) is 69.6 Å². The number of carbonyl (C=O) groups excluding carboxylic acids is 6. The number of carbonyl (C=O) groups is 6. The van der Waals surface area contributed by atoms with Crippen LogP contribution in [-0.2, 0) is 77.7 Å². The van der Waals surface area contributed by atoms with Crippen molar-refractivity contribution in [3.8, 4) is 45.2 Å². The van der Waals surface area contributed by atoms with Crippen LogP contribution in [0.4, 0.5) is 74.6 Å². The Balaban J connectivity index is 0.000000179. The SMILES string of the molecule is CC(=O)c1cc(-c2cccnc2[C@@H](CC(=O)Cn2c(C(F)F)nc3ccccc32)Cc2cc(F)cc(F)c2)ccc1F.CC(=O)c1cc(-c2cccnc2[C@@H](CC(=O)Cn2cc(C#CC(C)(C)C)c(C(F)(F)F)n2)Cc2cc(F)cc(F)c2)ccc1F.CC(=O)c1cc(-c2cccnc2[C@@H](CC(=O)Cn2nc(C(F)(F)F)c3c2C(C)(O)CCC3)Cc2cc(F)cc(F)c2)ccc1F. The third-order valence-electron chi connectivity index (χ3n) is 21.7. The van der Waals surface area contributed by atoms with E-state index in [2.05, 4.69) is 42.0 Å². The molecule has 0 spiro atoms. The molecule has 684 valence electrons. The fraction of sp³-hybridized carbons (Fsp3) is 0.273. The third-order valence-corrected chi connectivity index (χ3v) is 21.7. The van der Waals surface area contributed by atoms with Gasteiger partial charge in [0.05, 0.1) is 75.7 Å². The molecule has 16 nitrogen and oxygen atoms in total. The highest BCUT2D eigenvalue weighted by atomic mass is 19.4. The van der Waals surface area contributed by atoms with E-state index in [0.717, 1.165) is 76.2 Å². The van der Waals surface area contributed by atoms with Crippen LogP contribution in [0.15, 0.2) is 195 Å². The number of alkyl halides is 8. The first kappa shape index (κ1) is 97.3. The normalized spacial score (nSPS) is 14.0. The smallest absolute Gasteiger partial charge is 0.384 e. The summed E-state index contributed by atoms with van der Waals surface area (Å²) in [6.07, 6.45) is -7.60. The number of nitrogens with zero attached hydrogens (tertiary/aromatic N) is 9. The van der Waals surface area contributed by atoms with Gasteiger partial charge >= 0.3 is 12.4 Å². The monoisotopic (exact) mass is 1830 g/mol. The lowest BCUT2D eigenvalue weighted by Gasteiger charge is -2.30. The first-order chi connectivity index (χ1) is 62.2. The van der Waals surface area contributed by atoms with Crippen molar-refractivity contribution in [1.82, 2.24) is 44.1 Å². The summed E-state index contributed by atoms with van der Waals surface area (Å²) in [5, 5.41) is 18.3. The van der Waals surface area contributed by atoms with Gasteiger partial charge in [0.15, 0.2) is 51.9 Å². The molecular formula is C99H82F17N9O7. The lowest BCUT2D eigenvalue weighted by molar-refractivity contribution is -0.142. The summed E-state index contributed by atoms with van der Waals surface area (Å²) in [7, 11) is 0. The standard InChI is InChI=1S/C34H29F6N3O2.C33H29F6N3O3.C32H24F5N3O2/c1-20(44)29-16-22(7-8-30(29)37)28-6-5-11-41-31(28)24(12-21-13-25(35)17-26(36)14-21)15-27(45)19-43-18-23(9-10-33(2,3)4)32(42-43)34(38,39)40;1-18(43)27-15-20(7-8-28(27)36)25-6-4-10-40-29(25)21(11-19-12-22(34)16-23(35)13-19)14-24(44)17-42-31-26(5-3-9-32(31,2)45)30(41-42)33(37,38)39;1-18(41)26-15-20(8-9-27(26)35)25-5-4-10-38-30(25)21(11-19-12-22(33)16-23(34)13-19)14-24(42)17-40-29-7-3-2-6-28(29)39-32(40)31(36)37/h5-8,11,13-14,16-18,24H,12,15,19H2,1-4H3;4,6-8,10,12-13,15-16,21,45H,3,5,9,11,14,17H2,1-2H3;2-10,12-13,15-16,21,31H,11,14,17H2,1H3/t24-;21-,32?;21-/m111/s1. The zero-order valence-corrected chi connectivity index (χ0v) is 71.6. The molecule has 0 radical (unpaired) electrons. The number of pyridine rings is 3. The second-order valence-corrected chi connectivity index (χ2v) is 33.2. The summed E-state index contributed by atoms with van der Waals surface area (Å²) >= 11 is 0. The zero-order chi connectivity index (χ0) is 95.8. The number of para-hydroxylation sites is 2. The van der Waals surface area contributed by atoms with E-state index in [1.165, 1.54) is 87.3 Å². The number of benzene rings is 7. The van der Waals surface area contributed by atoms with Crippen LogP contribution >= 0.6 is 0 Å². The van der Waals surface area contributed by atoms with E-state index in [4.69, 9.17) is 0 Å². The maximum Gasteiger partial charge on any atom is 0.436 e. The molecule has 0 aliphatic heterocycles. The maximum absolute atomic E-state index is 14.3. The van der Waals surface area contributed by atoms with Crippen LogP contribution in [0.2, 0.25) is 0 Å². The van der Waals surface area contributed by atoms with Crippen LogP contribution in [-0.4, -0.2) is 83.9 Å². The molecule has 33 heteroatoms. The molecule has 0 saturated heterocycles. The molecule has 1 unspecified atom stereocenters. The summed E-state index contributed by atoms with van der Waals surface area (Å²) in [5.74, 6) is -7.87. The molecule has 6 heterocycles. The fourth-order valence-electron chi connectivity index (χ4n) is 16.1. The Labute approximate surface area is 745 Å². The largest absolute Gasteiger partial charge is 0.436 e. The lowest BCUT2D eigenvalue weighted by atomic mass is 9.83. The van der Waals surface area contributed by atoms with E-state index >= 15 is 0 Å². The van der Waals surface area contributed by atoms with Gasteiger partial charge in [-0.25, -0.2) is 53.3 Å². The van der Waals surface area contributed by atoms with Crippen molar-refractivity contribution in [3.05, 3.63) is 331 Å². The van der Waals surface area contributed by atoms with Crippen LogP contribution in [0.3, 0.4) is 0 Å². The van der Waals surface area contributed by atoms with Gasteiger partial charge < -0.3 is 9.67 Å². The minimum absolute atomic E-state index is 0.0163. The predicted molar refractivity (Wildman–Crippen MR) is 454 cm³/mol. The second kappa shape index (κ2) is 40.7. The number of fused-ring (bicyclic) bond motifs is 2. The van der Waals surface area contributed by atoms with Gasteiger partial charge in [-0.3, -0.25) is 53.1 Å². The Morgan fingerprint density at radius 1 is 0.477 bits per heavy atom. The summed E-state index contributed by atoms with van der Waals surface area (Å²) in [6.45, 7) is 8.71. The number of rotatable bonds is 28. The highest BCUT2D eigenvalue weighted by Crippen LogP contribution is 2.44. The Bertz CT molecular complexity index is 6580.